The molecule has 1 aromatic carbocycles. The van der Waals surface area contributed by atoms with E-state index < -0.39 is 6.04 Å². The molecule has 0 aliphatic rings. The fraction of sp³-hybridized carbons (Fsp3) is 0.231. The van der Waals surface area contributed by atoms with Gasteiger partial charge in [-0.3, -0.25) is 0 Å². The largest absolute Gasteiger partial charge is 0.496 e. The monoisotopic (exact) mass is 251 g/mol. The van der Waals surface area contributed by atoms with E-state index >= 15 is 0 Å². The second-order valence-electron chi connectivity index (χ2n) is 3.78. The molecule has 1 aromatic heterocycles. The minimum Gasteiger partial charge on any atom is -0.496 e. The van der Waals surface area contributed by atoms with Gasteiger partial charge in [0.2, 0.25) is 0 Å². The van der Waals surface area contributed by atoms with Crippen LogP contribution >= 0.6 is 11.3 Å². The summed E-state index contributed by atoms with van der Waals surface area (Å²) >= 11 is 1.57. The predicted molar refractivity (Wildman–Crippen MR) is 68.0 cm³/mol. The van der Waals surface area contributed by atoms with Crippen LogP contribution in [0.1, 0.15) is 21.4 Å². The van der Waals surface area contributed by atoms with Crippen molar-refractivity contribution in [2.24, 2.45) is 5.73 Å². The number of benzene rings is 1. The zero-order valence-electron chi connectivity index (χ0n) is 9.74. The molecule has 1 heterocycles. The van der Waals surface area contributed by atoms with E-state index in [-0.39, 0.29) is 5.82 Å². The first-order chi connectivity index (χ1) is 8.13. The third-order valence-corrected chi connectivity index (χ3v) is 3.70. The first-order valence-corrected chi connectivity index (χ1v) is 6.09. The van der Waals surface area contributed by atoms with E-state index in [0.29, 0.717) is 11.3 Å². The Morgan fingerprint density at radius 2 is 2.06 bits per heavy atom. The highest BCUT2D eigenvalue weighted by atomic mass is 32.1. The summed E-state index contributed by atoms with van der Waals surface area (Å²) < 4.78 is 19.0. The smallest absolute Gasteiger partial charge is 0.132 e. The highest BCUT2D eigenvalue weighted by Gasteiger charge is 2.19. The standard InChI is InChI=1S/C13H14FNOS/c1-8-6-7-11(17-8)13(15)12-9(14)4-3-5-10(12)16-2/h3-7,13H,15H2,1-2H3. The Morgan fingerprint density at radius 1 is 1.29 bits per heavy atom. The van der Waals surface area contributed by atoms with Crippen LogP contribution in [0.3, 0.4) is 0 Å². The van der Waals surface area contributed by atoms with Crippen molar-refractivity contribution in [3.8, 4) is 5.75 Å². The van der Waals surface area contributed by atoms with Crippen molar-refractivity contribution >= 4 is 11.3 Å². The van der Waals surface area contributed by atoms with Gasteiger partial charge in [0.15, 0.2) is 0 Å². The zero-order valence-corrected chi connectivity index (χ0v) is 10.6. The van der Waals surface area contributed by atoms with Crippen molar-refractivity contribution < 1.29 is 9.13 Å². The van der Waals surface area contributed by atoms with Crippen LogP contribution in [0, 0.1) is 12.7 Å². The van der Waals surface area contributed by atoms with Gasteiger partial charge in [-0.25, -0.2) is 4.39 Å². The van der Waals surface area contributed by atoms with Crippen LogP contribution in [0.2, 0.25) is 0 Å². The molecule has 2 aromatic rings. The summed E-state index contributed by atoms with van der Waals surface area (Å²) in [4.78, 5) is 2.09. The minimum absolute atomic E-state index is 0.331. The third-order valence-electron chi connectivity index (χ3n) is 2.61. The molecule has 0 radical (unpaired) electrons. The number of hydrogen-bond donors (Lipinski definition) is 1. The van der Waals surface area contributed by atoms with Crippen LogP contribution in [0.15, 0.2) is 30.3 Å². The first kappa shape index (κ1) is 12.1. The van der Waals surface area contributed by atoms with Crippen molar-refractivity contribution in [3.63, 3.8) is 0 Å². The summed E-state index contributed by atoms with van der Waals surface area (Å²) in [5, 5.41) is 0. The topological polar surface area (TPSA) is 35.2 Å². The van der Waals surface area contributed by atoms with Gasteiger partial charge in [0.05, 0.1) is 18.7 Å². The Balaban J connectivity index is 2.46. The highest BCUT2D eigenvalue weighted by molar-refractivity contribution is 7.12. The highest BCUT2D eigenvalue weighted by Crippen LogP contribution is 2.33. The summed E-state index contributed by atoms with van der Waals surface area (Å²) in [5.41, 5.74) is 6.51. The van der Waals surface area contributed by atoms with Gasteiger partial charge >= 0.3 is 0 Å². The number of methoxy groups -OCH3 is 1. The van der Waals surface area contributed by atoms with Gasteiger partial charge in [0, 0.05) is 9.75 Å². The van der Waals surface area contributed by atoms with E-state index in [2.05, 4.69) is 0 Å². The molecule has 1 unspecified atom stereocenters. The molecule has 0 spiro atoms. The maximum Gasteiger partial charge on any atom is 0.132 e. The molecule has 0 fully saturated rings. The van der Waals surface area contributed by atoms with Gasteiger partial charge in [-0.15, -0.1) is 11.3 Å². The van der Waals surface area contributed by atoms with Gasteiger partial charge in [-0.1, -0.05) is 6.07 Å². The van der Waals surface area contributed by atoms with Gasteiger partial charge < -0.3 is 10.5 Å². The Morgan fingerprint density at radius 3 is 2.65 bits per heavy atom. The molecule has 4 heteroatoms. The summed E-state index contributed by atoms with van der Waals surface area (Å²) in [6.07, 6.45) is 0. The Bertz CT molecular complexity index is 524. The van der Waals surface area contributed by atoms with E-state index in [4.69, 9.17) is 10.5 Å². The van der Waals surface area contributed by atoms with Crippen LogP contribution in [0.25, 0.3) is 0 Å². The van der Waals surface area contributed by atoms with Crippen molar-refractivity contribution in [2.45, 2.75) is 13.0 Å². The predicted octanol–water partition coefficient (Wildman–Crippen LogP) is 3.25. The van der Waals surface area contributed by atoms with Crippen LogP contribution < -0.4 is 10.5 Å². The van der Waals surface area contributed by atoms with E-state index in [0.717, 1.165) is 9.75 Å². The van der Waals surface area contributed by atoms with E-state index in [1.54, 1.807) is 23.5 Å². The first-order valence-electron chi connectivity index (χ1n) is 5.27. The lowest BCUT2D eigenvalue weighted by Crippen LogP contribution is -2.13. The fourth-order valence-corrected chi connectivity index (χ4v) is 2.65. The lowest BCUT2D eigenvalue weighted by atomic mass is 10.0. The zero-order chi connectivity index (χ0) is 12.4. The lowest BCUT2D eigenvalue weighted by molar-refractivity contribution is 0.402. The number of halogens is 1. The molecular weight excluding hydrogens is 237 g/mol. The van der Waals surface area contributed by atoms with Crippen LogP contribution in [-0.2, 0) is 0 Å². The number of hydrogen-bond acceptors (Lipinski definition) is 3. The summed E-state index contributed by atoms with van der Waals surface area (Å²) in [5.74, 6) is 0.159. The molecule has 0 saturated heterocycles. The van der Waals surface area contributed by atoms with Gasteiger partial charge in [0.1, 0.15) is 11.6 Å². The van der Waals surface area contributed by atoms with E-state index in [1.165, 1.54) is 13.2 Å². The van der Waals surface area contributed by atoms with Crippen LogP contribution in [0.4, 0.5) is 4.39 Å². The van der Waals surface area contributed by atoms with Crippen LogP contribution in [-0.4, -0.2) is 7.11 Å². The molecular formula is C13H14FNOS. The normalized spacial score (nSPS) is 12.5. The average Bonchev–Trinajstić information content (AvgIpc) is 2.74. The Hall–Kier alpha value is -1.39. The molecule has 0 aliphatic carbocycles. The van der Waals surface area contributed by atoms with Crippen molar-refractivity contribution in [1.82, 2.24) is 0 Å². The number of aryl methyl sites for hydroxylation is 1. The van der Waals surface area contributed by atoms with Crippen LogP contribution in [0.5, 0.6) is 5.75 Å². The second-order valence-corrected chi connectivity index (χ2v) is 5.10. The van der Waals surface area contributed by atoms with Crippen molar-refractivity contribution in [2.75, 3.05) is 7.11 Å². The number of rotatable bonds is 3. The van der Waals surface area contributed by atoms with Crippen molar-refractivity contribution in [1.29, 1.82) is 0 Å². The van der Waals surface area contributed by atoms with E-state index in [1.807, 2.05) is 19.1 Å². The molecule has 0 aliphatic heterocycles. The summed E-state index contributed by atoms with van der Waals surface area (Å²) in [6, 6.07) is 8.16. The molecule has 2 N–H and O–H groups in total. The molecule has 0 saturated carbocycles. The van der Waals surface area contributed by atoms with Gasteiger partial charge in [0.25, 0.3) is 0 Å². The second kappa shape index (κ2) is 4.85. The molecule has 2 nitrogen and oxygen atoms in total. The maximum atomic E-state index is 13.8. The maximum absolute atomic E-state index is 13.8. The Labute approximate surface area is 104 Å². The molecule has 0 amide bonds. The molecule has 90 valence electrons. The molecule has 17 heavy (non-hydrogen) atoms. The number of nitrogens with two attached hydrogens (primary N) is 1. The summed E-state index contributed by atoms with van der Waals surface area (Å²) in [6.45, 7) is 2.00. The molecule has 1 atom stereocenters. The lowest BCUT2D eigenvalue weighted by Gasteiger charge is -2.15. The SMILES string of the molecule is COc1cccc(F)c1C(N)c1ccc(C)s1. The number of ether oxygens (including phenoxy) is 1. The summed E-state index contributed by atoms with van der Waals surface area (Å²) in [7, 11) is 1.52. The minimum atomic E-state index is -0.482. The van der Waals surface area contributed by atoms with Gasteiger partial charge in [-0.2, -0.15) is 0 Å². The average molecular weight is 251 g/mol. The third kappa shape index (κ3) is 2.33. The van der Waals surface area contributed by atoms with E-state index in [9.17, 15) is 4.39 Å². The molecule has 0 bridgehead atoms. The quantitative estimate of drug-likeness (QED) is 0.908. The van der Waals surface area contributed by atoms with Gasteiger partial charge in [-0.05, 0) is 31.2 Å². The Kier molecular flexibility index (Phi) is 3.45. The number of thiophene rings is 1. The van der Waals surface area contributed by atoms with Crippen molar-refractivity contribution in [3.05, 3.63) is 51.5 Å². The fourth-order valence-electron chi connectivity index (χ4n) is 1.76. The molecule has 2 rings (SSSR count).